The molecule has 1 aromatic carbocycles. The number of aryl methyl sites for hydroxylation is 1. The van der Waals surface area contributed by atoms with E-state index in [1.165, 1.54) is 24.0 Å². The van der Waals surface area contributed by atoms with Gasteiger partial charge >= 0.3 is 0 Å². The van der Waals surface area contributed by atoms with Crippen molar-refractivity contribution in [1.82, 2.24) is 10.2 Å². The molecule has 0 radical (unpaired) electrons. The molecule has 1 N–H and O–H groups in total. The molecule has 3 rings (SSSR count). The van der Waals surface area contributed by atoms with E-state index in [0.29, 0.717) is 5.91 Å². The first-order valence-corrected chi connectivity index (χ1v) is 8.32. The lowest BCUT2D eigenvalue weighted by Crippen LogP contribution is -2.44. The molecule has 0 aromatic heterocycles. The minimum Gasteiger partial charge on any atom is -0.321 e. The maximum absolute atomic E-state index is 12.9. The molecule has 21 heavy (non-hydrogen) atoms. The van der Waals surface area contributed by atoms with Gasteiger partial charge in [0, 0.05) is 6.54 Å². The lowest BCUT2D eigenvalue weighted by molar-refractivity contribution is -0.133. The summed E-state index contributed by atoms with van der Waals surface area (Å²) in [6.07, 6.45) is 6.58. The number of nitrogens with zero attached hydrogens (tertiary/aromatic N) is 1. The fourth-order valence-corrected chi connectivity index (χ4v) is 3.70. The highest BCUT2D eigenvalue weighted by Gasteiger charge is 2.52. The number of carbonyl (C=O) groups is 1. The van der Waals surface area contributed by atoms with E-state index < -0.39 is 0 Å². The Morgan fingerprint density at radius 1 is 1.24 bits per heavy atom. The summed E-state index contributed by atoms with van der Waals surface area (Å²) in [6.45, 7) is 5.15. The van der Waals surface area contributed by atoms with Crippen LogP contribution < -0.4 is 5.32 Å². The zero-order chi connectivity index (χ0) is 14.9. The number of unbranched alkanes of at least 4 members (excludes halogenated alkanes) is 1. The molecular weight excluding hydrogens is 260 g/mol. The molecule has 2 aliphatic rings. The van der Waals surface area contributed by atoms with Gasteiger partial charge in [0.15, 0.2) is 0 Å². The van der Waals surface area contributed by atoms with E-state index in [-0.39, 0.29) is 11.7 Å². The van der Waals surface area contributed by atoms with Crippen LogP contribution in [0.4, 0.5) is 0 Å². The summed E-state index contributed by atoms with van der Waals surface area (Å²) in [5, 5.41) is 3.69. The highest BCUT2D eigenvalue weighted by molar-refractivity contribution is 5.89. The summed E-state index contributed by atoms with van der Waals surface area (Å²) in [5.74, 6) is 0.332. The summed E-state index contributed by atoms with van der Waals surface area (Å²) >= 11 is 0. The Bertz CT molecular complexity index is 502. The van der Waals surface area contributed by atoms with Crippen LogP contribution in [-0.2, 0) is 4.79 Å². The van der Waals surface area contributed by atoms with E-state index >= 15 is 0 Å². The first kappa shape index (κ1) is 14.6. The van der Waals surface area contributed by atoms with Crippen LogP contribution in [0.1, 0.15) is 62.7 Å². The van der Waals surface area contributed by atoms with Crippen molar-refractivity contribution in [2.75, 3.05) is 6.54 Å². The summed E-state index contributed by atoms with van der Waals surface area (Å²) in [4.78, 5) is 15.0. The fourth-order valence-electron chi connectivity index (χ4n) is 3.70. The molecule has 1 spiro atoms. The second-order valence-corrected chi connectivity index (χ2v) is 6.60. The number of amides is 1. The number of nitrogens with one attached hydrogen (secondary N) is 1. The van der Waals surface area contributed by atoms with Crippen LogP contribution in [-0.4, -0.2) is 22.9 Å². The smallest absolute Gasteiger partial charge is 0.244 e. The third-order valence-electron chi connectivity index (χ3n) is 5.00. The van der Waals surface area contributed by atoms with E-state index in [9.17, 15) is 4.79 Å². The zero-order valence-electron chi connectivity index (χ0n) is 13.2. The number of hydrogen-bond donors (Lipinski definition) is 1. The molecule has 3 nitrogen and oxygen atoms in total. The average molecular weight is 286 g/mol. The minimum atomic E-state index is -0.275. The maximum atomic E-state index is 12.9. The van der Waals surface area contributed by atoms with E-state index in [4.69, 9.17) is 0 Å². The predicted octanol–water partition coefficient (Wildman–Crippen LogP) is 3.54. The Labute approximate surface area is 127 Å². The van der Waals surface area contributed by atoms with E-state index in [1.54, 1.807) is 0 Å². The monoisotopic (exact) mass is 286 g/mol. The van der Waals surface area contributed by atoms with Crippen molar-refractivity contribution >= 4 is 5.91 Å². The third-order valence-corrected chi connectivity index (χ3v) is 5.00. The van der Waals surface area contributed by atoms with Gasteiger partial charge in [0.25, 0.3) is 0 Å². The van der Waals surface area contributed by atoms with Crippen LogP contribution in [0.25, 0.3) is 0 Å². The lowest BCUT2D eigenvalue weighted by Gasteiger charge is -2.24. The SMILES string of the molecule is CCCCN1C(=O)C2(CCCC2)NC1c1ccc(C)cc1. The second-order valence-electron chi connectivity index (χ2n) is 6.60. The van der Waals surface area contributed by atoms with Gasteiger partial charge in [0.05, 0.1) is 5.54 Å². The topological polar surface area (TPSA) is 32.3 Å². The van der Waals surface area contributed by atoms with Gasteiger partial charge in [-0.1, -0.05) is 56.0 Å². The minimum absolute atomic E-state index is 0.0581. The molecule has 1 aliphatic heterocycles. The van der Waals surface area contributed by atoms with E-state index in [1.807, 2.05) is 0 Å². The van der Waals surface area contributed by atoms with Gasteiger partial charge in [-0.05, 0) is 31.7 Å². The molecule has 3 heteroatoms. The second kappa shape index (κ2) is 5.80. The van der Waals surface area contributed by atoms with Gasteiger partial charge in [0.2, 0.25) is 5.91 Å². The van der Waals surface area contributed by atoms with Crippen LogP contribution >= 0.6 is 0 Å². The van der Waals surface area contributed by atoms with Gasteiger partial charge in [-0.3, -0.25) is 10.1 Å². The van der Waals surface area contributed by atoms with Crippen LogP contribution in [0.3, 0.4) is 0 Å². The van der Waals surface area contributed by atoms with E-state index in [0.717, 1.165) is 32.2 Å². The van der Waals surface area contributed by atoms with Crippen molar-refractivity contribution in [3.8, 4) is 0 Å². The number of rotatable bonds is 4. The third kappa shape index (κ3) is 2.59. The first-order valence-electron chi connectivity index (χ1n) is 8.32. The molecular formula is C18H26N2O. The molecule has 1 heterocycles. The Kier molecular flexibility index (Phi) is 4.03. The van der Waals surface area contributed by atoms with Gasteiger partial charge in [-0.2, -0.15) is 0 Å². The van der Waals surface area contributed by atoms with Crippen molar-refractivity contribution in [3.63, 3.8) is 0 Å². The Hall–Kier alpha value is -1.35. The normalized spacial score (nSPS) is 24.2. The van der Waals surface area contributed by atoms with Crippen LogP contribution in [0.5, 0.6) is 0 Å². The largest absolute Gasteiger partial charge is 0.321 e. The maximum Gasteiger partial charge on any atom is 0.244 e. The quantitative estimate of drug-likeness (QED) is 0.918. The highest BCUT2D eigenvalue weighted by Crippen LogP contribution is 2.40. The van der Waals surface area contributed by atoms with Crippen LogP contribution in [0, 0.1) is 6.92 Å². The zero-order valence-corrected chi connectivity index (χ0v) is 13.2. The van der Waals surface area contributed by atoms with Gasteiger partial charge in [-0.15, -0.1) is 0 Å². The molecule has 1 saturated carbocycles. The average Bonchev–Trinajstić information content (AvgIpc) is 3.06. The molecule has 1 aliphatic carbocycles. The molecule has 0 bridgehead atoms. The molecule has 1 atom stereocenters. The molecule has 1 unspecified atom stereocenters. The fraction of sp³-hybridized carbons (Fsp3) is 0.611. The van der Waals surface area contributed by atoms with Gasteiger partial charge in [0.1, 0.15) is 6.17 Å². The van der Waals surface area contributed by atoms with Crippen LogP contribution in [0.2, 0.25) is 0 Å². The summed E-state index contributed by atoms with van der Waals surface area (Å²) in [5.41, 5.74) is 2.20. The molecule has 1 amide bonds. The Balaban J connectivity index is 1.88. The van der Waals surface area contributed by atoms with E-state index in [2.05, 4.69) is 48.3 Å². The van der Waals surface area contributed by atoms with Crippen LogP contribution in [0.15, 0.2) is 24.3 Å². The molecule has 1 aromatic rings. The summed E-state index contributed by atoms with van der Waals surface area (Å²) < 4.78 is 0. The van der Waals surface area contributed by atoms with Crippen molar-refractivity contribution < 1.29 is 4.79 Å². The molecule has 1 saturated heterocycles. The van der Waals surface area contributed by atoms with Gasteiger partial charge < -0.3 is 4.90 Å². The number of hydrogen-bond acceptors (Lipinski definition) is 2. The summed E-state index contributed by atoms with van der Waals surface area (Å²) in [6, 6.07) is 8.60. The van der Waals surface area contributed by atoms with Crippen molar-refractivity contribution in [3.05, 3.63) is 35.4 Å². The Morgan fingerprint density at radius 3 is 2.52 bits per heavy atom. The van der Waals surface area contributed by atoms with Gasteiger partial charge in [-0.25, -0.2) is 0 Å². The predicted molar refractivity (Wildman–Crippen MR) is 84.9 cm³/mol. The summed E-state index contributed by atoms with van der Waals surface area (Å²) in [7, 11) is 0. The van der Waals surface area contributed by atoms with Crippen molar-refractivity contribution in [2.24, 2.45) is 0 Å². The molecule has 2 fully saturated rings. The lowest BCUT2D eigenvalue weighted by atomic mass is 9.98. The first-order chi connectivity index (χ1) is 10.2. The Morgan fingerprint density at radius 2 is 1.90 bits per heavy atom. The number of carbonyl (C=O) groups excluding carboxylic acids is 1. The standard InChI is InChI=1S/C18H26N2O/c1-3-4-13-20-16(15-9-7-14(2)8-10-15)19-18(17(20)21)11-5-6-12-18/h7-10,16,19H,3-6,11-13H2,1-2H3. The number of benzene rings is 1. The van der Waals surface area contributed by atoms with Crippen molar-refractivity contribution in [1.29, 1.82) is 0 Å². The highest BCUT2D eigenvalue weighted by atomic mass is 16.2. The van der Waals surface area contributed by atoms with Crippen molar-refractivity contribution in [2.45, 2.75) is 64.1 Å². The molecule has 114 valence electrons.